The maximum atomic E-state index is 11.6. The monoisotopic (exact) mass is 268 g/mol. The van der Waals surface area contributed by atoms with Gasteiger partial charge in [-0.3, -0.25) is 4.79 Å². The van der Waals surface area contributed by atoms with Crippen molar-refractivity contribution in [1.29, 1.82) is 0 Å². The molecule has 0 amide bonds. The van der Waals surface area contributed by atoms with Gasteiger partial charge >= 0.3 is 0 Å². The average Bonchev–Trinajstić information content (AvgIpc) is 2.94. The average molecular weight is 268 g/mol. The second kappa shape index (κ2) is 5.04. The van der Waals surface area contributed by atoms with Crippen LogP contribution in [0.15, 0.2) is 30.6 Å². The Bertz CT molecular complexity index is 766. The van der Waals surface area contributed by atoms with Crippen molar-refractivity contribution in [2.24, 2.45) is 0 Å². The van der Waals surface area contributed by atoms with Gasteiger partial charge in [-0.25, -0.2) is 9.97 Å². The number of carbonyl (C=O) groups is 1. The summed E-state index contributed by atoms with van der Waals surface area (Å²) >= 11 is 0. The van der Waals surface area contributed by atoms with Gasteiger partial charge in [-0.1, -0.05) is 24.3 Å². The highest BCUT2D eigenvalue weighted by atomic mass is 16.1. The molecule has 3 rings (SSSR count). The number of ketones is 1. The molecule has 1 aromatic carbocycles. The first-order valence-electron chi connectivity index (χ1n) is 6.10. The summed E-state index contributed by atoms with van der Waals surface area (Å²) in [5.74, 6) is 0.624. The van der Waals surface area contributed by atoms with Gasteiger partial charge in [0.25, 0.3) is 0 Å². The molecule has 3 aromatic rings. The van der Waals surface area contributed by atoms with E-state index in [2.05, 4.69) is 30.7 Å². The SMILES string of the molecule is CC(=O)c1ccccc1CNc1ncnc2n[nH]nc12. The highest BCUT2D eigenvalue weighted by Crippen LogP contribution is 2.16. The van der Waals surface area contributed by atoms with Gasteiger partial charge in [0.15, 0.2) is 17.1 Å². The first kappa shape index (κ1) is 12.2. The molecule has 0 aliphatic carbocycles. The number of fused-ring (bicyclic) bond motifs is 1. The minimum atomic E-state index is 0.0386. The van der Waals surface area contributed by atoms with Crippen LogP contribution in [0.5, 0.6) is 0 Å². The van der Waals surface area contributed by atoms with Crippen molar-refractivity contribution in [1.82, 2.24) is 25.4 Å². The summed E-state index contributed by atoms with van der Waals surface area (Å²) < 4.78 is 0. The van der Waals surface area contributed by atoms with Crippen LogP contribution in [-0.4, -0.2) is 31.2 Å². The zero-order chi connectivity index (χ0) is 13.9. The van der Waals surface area contributed by atoms with E-state index >= 15 is 0 Å². The molecule has 0 aliphatic heterocycles. The Balaban J connectivity index is 1.87. The van der Waals surface area contributed by atoms with Crippen molar-refractivity contribution < 1.29 is 4.79 Å². The number of anilines is 1. The standard InChI is InChI=1S/C13H12N6O/c1-8(20)10-5-3-2-4-9(10)6-14-12-11-13(16-7-15-12)18-19-17-11/h2-5,7H,6H2,1H3,(H2,14,15,16,17,18,19). The molecule has 0 saturated heterocycles. The van der Waals surface area contributed by atoms with Crippen LogP contribution in [0.1, 0.15) is 22.8 Å². The Hall–Kier alpha value is -2.83. The molecule has 0 saturated carbocycles. The Labute approximate surface area is 114 Å². The molecule has 2 heterocycles. The second-order valence-corrected chi connectivity index (χ2v) is 4.28. The molecule has 20 heavy (non-hydrogen) atoms. The molecular weight excluding hydrogens is 256 g/mol. The molecular formula is C13H12N6O. The molecule has 100 valence electrons. The molecule has 0 fully saturated rings. The van der Waals surface area contributed by atoms with Crippen LogP contribution in [-0.2, 0) is 6.54 Å². The van der Waals surface area contributed by atoms with Gasteiger partial charge in [-0.2, -0.15) is 10.3 Å². The summed E-state index contributed by atoms with van der Waals surface area (Å²) in [4.78, 5) is 19.7. The van der Waals surface area contributed by atoms with Crippen LogP contribution in [0.25, 0.3) is 11.2 Å². The van der Waals surface area contributed by atoms with Crippen LogP contribution in [0.3, 0.4) is 0 Å². The normalized spacial score (nSPS) is 10.7. The highest BCUT2D eigenvalue weighted by Gasteiger charge is 2.09. The summed E-state index contributed by atoms with van der Waals surface area (Å²) in [7, 11) is 0. The number of H-pyrrole nitrogens is 1. The largest absolute Gasteiger partial charge is 0.364 e. The van der Waals surface area contributed by atoms with E-state index in [-0.39, 0.29) is 5.78 Å². The Morgan fingerprint density at radius 3 is 2.95 bits per heavy atom. The summed E-state index contributed by atoms with van der Waals surface area (Å²) in [6, 6.07) is 7.46. The molecule has 0 bridgehead atoms. The zero-order valence-electron chi connectivity index (χ0n) is 10.8. The van der Waals surface area contributed by atoms with Crippen molar-refractivity contribution in [2.75, 3.05) is 5.32 Å². The number of Topliss-reactive ketones (excluding diaryl/α,β-unsaturated/α-hetero) is 1. The molecule has 2 N–H and O–H groups in total. The van der Waals surface area contributed by atoms with Crippen LogP contribution in [0, 0.1) is 0 Å². The topological polar surface area (TPSA) is 96.5 Å². The predicted molar refractivity (Wildman–Crippen MR) is 73.3 cm³/mol. The van der Waals surface area contributed by atoms with Crippen molar-refractivity contribution >= 4 is 22.8 Å². The van der Waals surface area contributed by atoms with E-state index in [0.717, 1.165) is 5.56 Å². The van der Waals surface area contributed by atoms with Gasteiger partial charge in [0.2, 0.25) is 5.65 Å². The Kier molecular flexibility index (Phi) is 3.08. The van der Waals surface area contributed by atoms with Gasteiger partial charge in [0, 0.05) is 12.1 Å². The lowest BCUT2D eigenvalue weighted by Crippen LogP contribution is -2.07. The maximum absolute atomic E-state index is 11.6. The van der Waals surface area contributed by atoms with Crippen LogP contribution >= 0.6 is 0 Å². The van der Waals surface area contributed by atoms with E-state index in [9.17, 15) is 4.79 Å². The zero-order valence-corrected chi connectivity index (χ0v) is 10.8. The Morgan fingerprint density at radius 1 is 1.25 bits per heavy atom. The number of hydrogen-bond donors (Lipinski definition) is 2. The molecule has 2 aromatic heterocycles. The third-order valence-electron chi connectivity index (χ3n) is 2.96. The first-order valence-corrected chi connectivity index (χ1v) is 6.10. The van der Waals surface area contributed by atoms with E-state index in [1.54, 1.807) is 6.92 Å². The molecule has 0 unspecified atom stereocenters. The number of nitrogens with zero attached hydrogens (tertiary/aromatic N) is 4. The lowest BCUT2D eigenvalue weighted by Gasteiger charge is -2.08. The fourth-order valence-electron chi connectivity index (χ4n) is 2.00. The molecule has 0 atom stereocenters. The number of aromatic nitrogens is 5. The molecule has 7 nitrogen and oxygen atoms in total. The van der Waals surface area contributed by atoms with Crippen molar-refractivity contribution in [2.45, 2.75) is 13.5 Å². The third kappa shape index (κ3) is 2.20. The third-order valence-corrected chi connectivity index (χ3v) is 2.96. The number of aromatic amines is 1. The van der Waals surface area contributed by atoms with Crippen molar-refractivity contribution in [3.63, 3.8) is 0 Å². The number of benzene rings is 1. The number of carbonyl (C=O) groups excluding carboxylic acids is 1. The molecule has 0 spiro atoms. The lowest BCUT2D eigenvalue weighted by atomic mass is 10.0. The minimum absolute atomic E-state index is 0.0386. The first-order chi connectivity index (χ1) is 9.75. The molecule has 0 aliphatic rings. The number of nitrogens with one attached hydrogen (secondary N) is 2. The van der Waals surface area contributed by atoms with E-state index in [1.165, 1.54) is 6.33 Å². The van der Waals surface area contributed by atoms with Crippen molar-refractivity contribution in [3.8, 4) is 0 Å². The van der Waals surface area contributed by atoms with Crippen molar-refractivity contribution in [3.05, 3.63) is 41.7 Å². The second-order valence-electron chi connectivity index (χ2n) is 4.28. The van der Waals surface area contributed by atoms with Gasteiger partial charge in [0.05, 0.1) is 0 Å². The fraction of sp³-hybridized carbons (Fsp3) is 0.154. The van der Waals surface area contributed by atoms with Gasteiger partial charge in [-0.15, -0.1) is 5.10 Å². The smallest absolute Gasteiger partial charge is 0.206 e. The van der Waals surface area contributed by atoms with Crippen LogP contribution in [0.4, 0.5) is 5.82 Å². The van der Waals surface area contributed by atoms with Crippen LogP contribution < -0.4 is 5.32 Å². The van der Waals surface area contributed by atoms with E-state index in [1.807, 2.05) is 24.3 Å². The molecule has 0 radical (unpaired) electrons. The summed E-state index contributed by atoms with van der Waals surface area (Å²) in [6.07, 6.45) is 1.42. The summed E-state index contributed by atoms with van der Waals surface area (Å²) in [5.41, 5.74) is 2.69. The quantitative estimate of drug-likeness (QED) is 0.697. The van der Waals surface area contributed by atoms with E-state index in [4.69, 9.17) is 0 Å². The van der Waals surface area contributed by atoms with Gasteiger partial charge in [0.1, 0.15) is 6.33 Å². The summed E-state index contributed by atoms with van der Waals surface area (Å²) in [5, 5.41) is 13.6. The molecule has 7 heteroatoms. The number of rotatable bonds is 4. The van der Waals surface area contributed by atoms with Gasteiger partial charge < -0.3 is 5.32 Å². The van der Waals surface area contributed by atoms with Gasteiger partial charge in [-0.05, 0) is 12.5 Å². The predicted octanol–water partition coefficient (Wildman–Crippen LogP) is 1.56. The van der Waals surface area contributed by atoms with E-state index < -0.39 is 0 Å². The number of hydrogen-bond acceptors (Lipinski definition) is 6. The van der Waals surface area contributed by atoms with Crippen LogP contribution in [0.2, 0.25) is 0 Å². The minimum Gasteiger partial charge on any atom is -0.364 e. The lowest BCUT2D eigenvalue weighted by molar-refractivity contribution is 0.101. The Morgan fingerprint density at radius 2 is 2.10 bits per heavy atom. The van der Waals surface area contributed by atoms with E-state index in [0.29, 0.717) is 29.1 Å². The maximum Gasteiger partial charge on any atom is 0.206 e. The highest BCUT2D eigenvalue weighted by molar-refractivity contribution is 5.95. The fourth-order valence-corrected chi connectivity index (χ4v) is 2.00. The summed E-state index contributed by atoms with van der Waals surface area (Å²) in [6.45, 7) is 2.04.